The summed E-state index contributed by atoms with van der Waals surface area (Å²) in [4.78, 5) is 159. The summed E-state index contributed by atoms with van der Waals surface area (Å²) in [6, 6.07) is 8.12. The van der Waals surface area contributed by atoms with Crippen LogP contribution in [0.4, 0.5) is 0 Å². The molecule has 16 bridgehead atoms. The lowest BCUT2D eigenvalue weighted by Crippen LogP contribution is -2.55. The third-order valence-corrected chi connectivity index (χ3v) is 30.0. The molecule has 10 rings (SSSR count). The van der Waals surface area contributed by atoms with Crippen LogP contribution in [0.1, 0.15) is 223 Å². The van der Waals surface area contributed by atoms with E-state index in [4.69, 9.17) is 72.3 Å². The zero-order valence-corrected chi connectivity index (χ0v) is 81.4. The number of carbonyl (C=O) groups is 9. The number of aromatic amines is 2. The second kappa shape index (κ2) is 43.7. The van der Waals surface area contributed by atoms with Crippen molar-refractivity contribution < 1.29 is 90.5 Å². The number of aryl methyl sites for hydroxylation is 2. The Labute approximate surface area is 766 Å². The van der Waals surface area contributed by atoms with Crippen molar-refractivity contribution in [2.45, 2.75) is 230 Å². The van der Waals surface area contributed by atoms with Crippen molar-refractivity contribution in [1.29, 1.82) is 0 Å². The number of ether oxygens (including phenoxy) is 10. The van der Waals surface area contributed by atoms with Gasteiger partial charge in [-0.3, -0.25) is 58.1 Å². The maximum atomic E-state index is 15.0. The predicted octanol–water partition coefficient (Wildman–Crippen LogP) is 16.0. The van der Waals surface area contributed by atoms with Crippen LogP contribution in [0.15, 0.2) is 86.7 Å². The molecule has 0 aromatic carbocycles. The topological polar surface area (TPSA) is 376 Å². The predicted molar refractivity (Wildman–Crippen MR) is 507 cm³/mol. The van der Waals surface area contributed by atoms with E-state index in [0.717, 1.165) is 84.0 Å². The Morgan fingerprint density at radius 3 is 1.54 bits per heavy atom. The van der Waals surface area contributed by atoms with Crippen molar-refractivity contribution in [1.82, 2.24) is 35.9 Å². The zero-order valence-electron chi connectivity index (χ0n) is 80.4. The molecule has 2 amide bonds. The van der Waals surface area contributed by atoms with Gasteiger partial charge in [-0.1, -0.05) is 79.6 Å². The Kier molecular flexibility index (Phi) is 34.1. The van der Waals surface area contributed by atoms with Crippen molar-refractivity contribution in [3.8, 4) is 0 Å². The van der Waals surface area contributed by atoms with E-state index in [-0.39, 0.29) is 108 Å². The lowest BCUT2D eigenvalue weighted by molar-refractivity contribution is -0.147. The summed E-state index contributed by atoms with van der Waals surface area (Å²) in [7, 11) is 6.48. The molecule has 1 unspecified atom stereocenters. The van der Waals surface area contributed by atoms with Gasteiger partial charge in [0, 0.05) is 192 Å². The average molecular weight is 1810 g/mol. The van der Waals surface area contributed by atoms with E-state index in [1.807, 2.05) is 85.8 Å². The molecule has 10 heterocycles. The molecule has 130 heavy (non-hydrogen) atoms. The first-order valence-corrected chi connectivity index (χ1v) is 49.3. The number of H-pyrrole nitrogens is 2. The normalized spacial score (nSPS) is 23.2. The molecule has 1 fully saturated rings. The van der Waals surface area contributed by atoms with E-state index in [0.29, 0.717) is 135 Å². The molecule has 3 aromatic rings. The summed E-state index contributed by atoms with van der Waals surface area (Å²) in [5.41, 5.74) is 13.2. The molecule has 0 aliphatic carbocycles. The summed E-state index contributed by atoms with van der Waals surface area (Å²) in [6.45, 7) is 42.1. The smallest absolute Gasteiger partial charge is 0.306 e. The van der Waals surface area contributed by atoms with Gasteiger partial charge in [-0.2, -0.15) is 0 Å². The highest BCUT2D eigenvalue weighted by Gasteiger charge is 2.67. The molecule has 7 aliphatic heterocycles. The Bertz CT molecular complexity index is 5320. The van der Waals surface area contributed by atoms with Crippen molar-refractivity contribution >= 4 is 135 Å². The zero-order chi connectivity index (χ0) is 95.1. The van der Waals surface area contributed by atoms with E-state index in [1.54, 1.807) is 0 Å². The minimum absolute atomic E-state index is 0.0326. The Hall–Kier alpha value is -10.6. The van der Waals surface area contributed by atoms with Crippen LogP contribution >= 0.6 is 0 Å². The molecule has 9 atom stereocenters. The number of nitrogens with one attached hydrogen (secondary N) is 5. The van der Waals surface area contributed by atoms with Crippen molar-refractivity contribution in [2.75, 3.05) is 102 Å². The number of methoxy groups -OCH3 is 6. The summed E-state index contributed by atoms with van der Waals surface area (Å²) in [5, 5.41) is 10.1. The number of aromatic nitrogens is 4. The molecule has 706 valence electrons. The third kappa shape index (κ3) is 22.6. The fourth-order valence-electron chi connectivity index (χ4n) is 20.1. The van der Waals surface area contributed by atoms with Crippen molar-refractivity contribution in [3.05, 3.63) is 117 Å². The second-order valence-corrected chi connectivity index (χ2v) is 43.5. The maximum absolute atomic E-state index is 15.0. The van der Waals surface area contributed by atoms with E-state index in [2.05, 4.69) is 98.5 Å². The molecule has 29 nitrogen and oxygen atoms in total. The summed E-state index contributed by atoms with van der Waals surface area (Å²) >= 11 is 0. The quantitative estimate of drug-likeness (QED) is 0.0152. The molecule has 1 saturated heterocycles. The molecule has 30 heteroatoms. The van der Waals surface area contributed by atoms with Gasteiger partial charge in [0.15, 0.2) is 0 Å². The van der Waals surface area contributed by atoms with Gasteiger partial charge in [-0.15, -0.1) is 0 Å². The van der Waals surface area contributed by atoms with Crippen LogP contribution in [0.2, 0.25) is 25.7 Å². The minimum atomic E-state index is -1.44. The van der Waals surface area contributed by atoms with Crippen LogP contribution in [-0.4, -0.2) is 212 Å². The first-order valence-electron chi connectivity index (χ1n) is 45.6. The average Bonchev–Trinajstić information content (AvgIpc) is 1.52. The number of carbonyl (C=O) groups excluding carboxylic acids is 9. The van der Waals surface area contributed by atoms with Gasteiger partial charge >= 0.3 is 41.8 Å². The van der Waals surface area contributed by atoms with E-state index in [1.165, 1.54) is 42.7 Å². The van der Waals surface area contributed by atoms with Gasteiger partial charge in [-0.05, 0) is 181 Å². The minimum Gasteiger partial charge on any atom is -0.469 e. The molecule has 7 aliphatic rings. The molecular weight excluding hydrogens is 1670 g/mol. The molecular formula is C100H138N10O19Si. The van der Waals surface area contributed by atoms with Crippen LogP contribution in [-0.2, 0) is 90.5 Å². The number of allylic oxidation sites excluding steroid dienone is 10. The molecule has 0 spiro atoms. The van der Waals surface area contributed by atoms with Gasteiger partial charge < -0.3 is 73.3 Å². The lowest BCUT2D eigenvalue weighted by Gasteiger charge is -2.48. The van der Waals surface area contributed by atoms with Crippen LogP contribution < -0.4 is 16.0 Å². The Morgan fingerprint density at radius 1 is 0.508 bits per heavy atom. The molecule has 0 radical (unpaired) electrons. The van der Waals surface area contributed by atoms with Gasteiger partial charge in [-0.25, -0.2) is 9.97 Å². The number of hydrogen-bond acceptors (Lipinski definition) is 25. The number of nitrogens with zero attached hydrogens (tertiary/aromatic N) is 5. The Balaban J connectivity index is 0.801. The van der Waals surface area contributed by atoms with Crippen LogP contribution in [0.25, 0.3) is 56.5 Å². The van der Waals surface area contributed by atoms with Crippen molar-refractivity contribution in [3.63, 3.8) is 0 Å². The van der Waals surface area contributed by atoms with Gasteiger partial charge in [0.1, 0.15) is 0 Å². The van der Waals surface area contributed by atoms with Gasteiger partial charge in [0.2, 0.25) is 11.8 Å². The standard InChI is InChI=1S/C100H138N10O19Si/c1-24-64-58(3)72-51-73-60(5)66(78(105-73)54-79-67(29-34-88(117)129-48-49-130(21,22)23)61(6)75(106-79)53-77-65(25-2)59(4)74(104-77)52-76(64)103-72)28-33-82(111)101-40-26-42-126-44-46-128-47-45-127-43-27-41-102-83(112)56-98(12)68(30-35-84(113)120-15)80-55-81-96(9,10)69(31-36-85(114)121-16)91(108-81)62(7)93-97(11,39-38-87(116)123-18)71(50-89(118)124-19)95(109-93)100(14)99(13,57-90(119)125-20)70(32-37-86(115)122-17)92(110-100)63(8)94(98)107-80/h24-25,51-55,68-71,95,103-104,107H,1-2,26-50,56-57H2,3-23H3,(H,101,111)(H,102,112)/b72-51?,73-51?,74-52?,75-53?,76-52?,77-53?,78-54?,79-54?,80-55?,91-62?,94-63-/t68-,69-,70-,71+,95?,97-,98+,99+,100+/m1/s1. The van der Waals surface area contributed by atoms with Crippen LogP contribution in [0, 0.1) is 59.2 Å². The molecule has 0 saturated carbocycles. The van der Waals surface area contributed by atoms with E-state index in [9.17, 15) is 38.4 Å². The summed E-state index contributed by atoms with van der Waals surface area (Å²) in [6.07, 6.45) is 8.04. The third-order valence-electron chi connectivity index (χ3n) is 28.3. The van der Waals surface area contributed by atoms with Crippen LogP contribution in [0.5, 0.6) is 0 Å². The highest BCUT2D eigenvalue weighted by molar-refractivity contribution is 6.76. The number of aliphatic imine (C=N–C) groups is 3. The number of fused-ring (bicyclic) bond motifs is 14. The number of hydrogen-bond donors (Lipinski definition) is 5. The Morgan fingerprint density at radius 2 is 1.00 bits per heavy atom. The second-order valence-electron chi connectivity index (χ2n) is 37.9. The number of amides is 2. The van der Waals surface area contributed by atoms with E-state index >= 15 is 4.79 Å². The summed E-state index contributed by atoms with van der Waals surface area (Å²) in [5.74, 6) is -6.19. The molecule has 5 N–H and O–H groups in total. The van der Waals surface area contributed by atoms with Gasteiger partial charge in [0.05, 0.1) is 123 Å². The first-order chi connectivity index (χ1) is 61.6. The fraction of sp³-hybridized carbons (Fsp3) is 0.580. The highest BCUT2D eigenvalue weighted by Crippen LogP contribution is 2.63. The summed E-state index contributed by atoms with van der Waals surface area (Å²) < 4.78 is 55.6. The monoisotopic (exact) mass is 1810 g/mol. The van der Waals surface area contributed by atoms with Gasteiger partial charge in [0.25, 0.3) is 0 Å². The highest BCUT2D eigenvalue weighted by atomic mass is 28.3. The largest absolute Gasteiger partial charge is 0.469 e. The van der Waals surface area contributed by atoms with E-state index < -0.39 is 101 Å². The van der Waals surface area contributed by atoms with Crippen molar-refractivity contribution in [2.24, 2.45) is 60.3 Å². The molecule has 3 aromatic heterocycles. The first kappa shape index (κ1) is 102. The fourth-order valence-corrected chi connectivity index (χ4v) is 20.8. The number of rotatable bonds is 43. The van der Waals surface area contributed by atoms with Crippen LogP contribution in [0.3, 0.4) is 0 Å². The maximum Gasteiger partial charge on any atom is 0.306 e. The number of esters is 7. The SMILES string of the molecule is C=Cc1c(C)c2cc3[nH]c(cc4nc(cc5nc(cc1[nH]2)C(C)=C5CCC(=O)OCC[Si](C)(C)C)C(CCC(=O)NCCCOCCOCCOCCCNC(=O)C[C@]1(C)/C2=C(\C)C5=N[C@@](C)(C6N=C(C(C)=C7N=C(C=C(N2)[C@H]1CCC(=O)OC)C(C)(C)[C@@H]7CCC(=O)OC)[C@](C)(CCC(=O)OC)[C@H]6CC(=O)OC)[C@@](C)(CC(=O)OC)[C@@H]5CCC(=O)OC)=C4C)c(C)c3C=C. The lowest BCUT2D eigenvalue weighted by atomic mass is 9.55.